The number of likely N-dealkylation sites (N-methyl/N-ethyl adjacent to an activating group) is 1. The van der Waals surface area contributed by atoms with E-state index in [1.54, 1.807) is 24.3 Å². The van der Waals surface area contributed by atoms with Crippen LogP contribution in [0.5, 0.6) is 5.75 Å². The molecule has 100 valence electrons. The number of carbonyl (C=O) groups excluding carboxylic acids is 1. The van der Waals surface area contributed by atoms with E-state index in [4.69, 9.17) is 9.84 Å². The van der Waals surface area contributed by atoms with Crippen LogP contribution >= 0.6 is 0 Å². The van der Waals surface area contributed by atoms with Crippen molar-refractivity contribution in [2.45, 2.75) is 19.6 Å². The molecular weight excluding hydrogens is 234 g/mol. The highest BCUT2D eigenvalue weighted by molar-refractivity contribution is 5.75. The zero-order valence-electron chi connectivity index (χ0n) is 10.7. The van der Waals surface area contributed by atoms with Crippen LogP contribution in [-0.2, 0) is 16.1 Å². The minimum atomic E-state index is -0.475. The second kappa shape index (κ2) is 7.68. The van der Waals surface area contributed by atoms with Crippen LogP contribution in [0, 0.1) is 0 Å². The van der Waals surface area contributed by atoms with Crippen molar-refractivity contribution in [3.63, 3.8) is 0 Å². The molecule has 1 unspecified atom stereocenters. The number of methoxy groups -OCH3 is 1. The Balaban J connectivity index is 2.52. The van der Waals surface area contributed by atoms with Gasteiger partial charge < -0.3 is 19.9 Å². The second-order valence-corrected chi connectivity index (χ2v) is 3.75. The van der Waals surface area contributed by atoms with Gasteiger partial charge in [-0.2, -0.15) is 0 Å². The molecule has 0 saturated carbocycles. The lowest BCUT2D eigenvalue weighted by atomic mass is 10.2. The molecule has 0 aliphatic rings. The van der Waals surface area contributed by atoms with Crippen LogP contribution in [0.4, 0.5) is 0 Å². The number of carbonyl (C=O) groups is 1. The number of nitrogens with one attached hydrogen (secondary N) is 1. The number of esters is 1. The average molecular weight is 253 g/mol. The van der Waals surface area contributed by atoms with Crippen molar-refractivity contribution >= 4 is 5.97 Å². The van der Waals surface area contributed by atoms with Gasteiger partial charge in [-0.05, 0) is 24.2 Å². The first-order valence-electron chi connectivity index (χ1n) is 5.85. The monoisotopic (exact) mass is 253 g/mol. The van der Waals surface area contributed by atoms with Gasteiger partial charge in [0, 0.05) is 0 Å². The summed E-state index contributed by atoms with van der Waals surface area (Å²) in [6.07, 6.45) is 0. The van der Waals surface area contributed by atoms with Gasteiger partial charge in [-0.3, -0.25) is 4.79 Å². The highest BCUT2D eigenvalue weighted by Crippen LogP contribution is 2.12. The zero-order valence-corrected chi connectivity index (χ0v) is 10.7. The van der Waals surface area contributed by atoms with E-state index >= 15 is 0 Å². The summed E-state index contributed by atoms with van der Waals surface area (Å²) in [5.41, 5.74) is 0.818. The summed E-state index contributed by atoms with van der Waals surface area (Å²) in [4.78, 5) is 11.4. The molecule has 0 radical (unpaired) electrons. The first-order chi connectivity index (χ1) is 8.71. The summed E-state index contributed by atoms with van der Waals surface area (Å²) in [7, 11) is 1.35. The summed E-state index contributed by atoms with van der Waals surface area (Å²) >= 11 is 0. The third kappa shape index (κ3) is 4.35. The van der Waals surface area contributed by atoms with Gasteiger partial charge in [-0.15, -0.1) is 0 Å². The summed E-state index contributed by atoms with van der Waals surface area (Å²) in [5.74, 6) is 0.308. The Bertz CT molecular complexity index is 364. The molecule has 0 fully saturated rings. The predicted octanol–water partition coefficient (Wildman–Crippen LogP) is 0.709. The Labute approximate surface area is 107 Å². The molecule has 5 nitrogen and oxygen atoms in total. The van der Waals surface area contributed by atoms with Crippen LogP contribution < -0.4 is 10.1 Å². The van der Waals surface area contributed by atoms with Gasteiger partial charge in [0.1, 0.15) is 18.4 Å². The van der Waals surface area contributed by atoms with Crippen LogP contribution in [0.1, 0.15) is 12.5 Å². The topological polar surface area (TPSA) is 67.8 Å². The van der Waals surface area contributed by atoms with Crippen LogP contribution in [0.25, 0.3) is 0 Å². The zero-order chi connectivity index (χ0) is 13.4. The lowest BCUT2D eigenvalue weighted by molar-refractivity contribution is -0.143. The Kier molecular flexibility index (Phi) is 6.18. The molecule has 0 spiro atoms. The first kappa shape index (κ1) is 14.5. The number of aliphatic hydroxyl groups excluding tert-OH is 1. The van der Waals surface area contributed by atoms with Crippen molar-refractivity contribution in [2.24, 2.45) is 0 Å². The number of rotatable bonds is 7. The number of benzene rings is 1. The van der Waals surface area contributed by atoms with Crippen molar-refractivity contribution in [3.8, 4) is 5.75 Å². The molecule has 0 amide bonds. The molecule has 18 heavy (non-hydrogen) atoms. The fraction of sp³-hybridized carbons (Fsp3) is 0.462. The molecule has 0 aliphatic carbocycles. The molecule has 0 aliphatic heterocycles. The minimum Gasteiger partial charge on any atom is -0.491 e. The average Bonchev–Trinajstić information content (AvgIpc) is 2.43. The molecule has 0 heterocycles. The summed E-state index contributed by atoms with van der Waals surface area (Å²) < 4.78 is 10.2. The molecule has 0 bridgehead atoms. The Morgan fingerprint density at radius 2 is 2.06 bits per heavy atom. The maximum absolute atomic E-state index is 11.4. The summed E-state index contributed by atoms with van der Waals surface area (Å²) in [6.45, 7) is 2.78. The van der Waals surface area contributed by atoms with E-state index in [9.17, 15) is 4.79 Å². The van der Waals surface area contributed by atoms with E-state index in [0.29, 0.717) is 12.3 Å². The third-order valence-electron chi connectivity index (χ3n) is 2.46. The van der Waals surface area contributed by atoms with Crippen molar-refractivity contribution in [1.82, 2.24) is 5.32 Å². The minimum absolute atomic E-state index is 0.00244. The van der Waals surface area contributed by atoms with Crippen LogP contribution in [-0.4, -0.2) is 37.4 Å². The van der Waals surface area contributed by atoms with Crippen molar-refractivity contribution in [3.05, 3.63) is 29.8 Å². The van der Waals surface area contributed by atoms with Crippen molar-refractivity contribution < 1.29 is 19.4 Å². The van der Waals surface area contributed by atoms with Crippen LogP contribution in [0.15, 0.2) is 24.3 Å². The molecule has 1 atom stereocenters. The predicted molar refractivity (Wildman–Crippen MR) is 67.3 cm³/mol. The SMILES string of the molecule is CCNC(COc1ccc(CO)cc1)C(=O)OC. The lowest BCUT2D eigenvalue weighted by Gasteiger charge is -2.16. The van der Waals surface area contributed by atoms with Gasteiger partial charge in [0.05, 0.1) is 13.7 Å². The molecule has 5 heteroatoms. The molecule has 1 rings (SSSR count). The fourth-order valence-corrected chi connectivity index (χ4v) is 1.47. The second-order valence-electron chi connectivity index (χ2n) is 3.75. The van der Waals surface area contributed by atoms with Gasteiger partial charge in [-0.25, -0.2) is 0 Å². The number of hydrogen-bond donors (Lipinski definition) is 2. The van der Waals surface area contributed by atoms with E-state index in [1.165, 1.54) is 7.11 Å². The van der Waals surface area contributed by atoms with E-state index in [1.807, 2.05) is 6.92 Å². The Hall–Kier alpha value is -1.59. The van der Waals surface area contributed by atoms with Crippen LogP contribution in [0.3, 0.4) is 0 Å². The molecule has 0 saturated heterocycles. The largest absolute Gasteiger partial charge is 0.491 e. The number of aliphatic hydroxyl groups is 1. The quantitative estimate of drug-likeness (QED) is 0.700. The molecule has 2 N–H and O–H groups in total. The van der Waals surface area contributed by atoms with E-state index in [2.05, 4.69) is 10.1 Å². The lowest BCUT2D eigenvalue weighted by Crippen LogP contribution is -2.42. The first-order valence-corrected chi connectivity index (χ1v) is 5.85. The number of ether oxygens (including phenoxy) is 2. The van der Waals surface area contributed by atoms with Crippen molar-refractivity contribution in [1.29, 1.82) is 0 Å². The van der Waals surface area contributed by atoms with Gasteiger partial charge in [0.15, 0.2) is 0 Å². The fourth-order valence-electron chi connectivity index (χ4n) is 1.47. The maximum Gasteiger partial charge on any atom is 0.326 e. The third-order valence-corrected chi connectivity index (χ3v) is 2.46. The summed E-state index contributed by atoms with van der Waals surface area (Å²) in [5, 5.41) is 11.9. The van der Waals surface area contributed by atoms with Gasteiger partial charge >= 0.3 is 5.97 Å². The highest BCUT2D eigenvalue weighted by atomic mass is 16.5. The number of hydrogen-bond acceptors (Lipinski definition) is 5. The van der Waals surface area contributed by atoms with Gasteiger partial charge in [0.25, 0.3) is 0 Å². The molecule has 1 aromatic carbocycles. The van der Waals surface area contributed by atoms with Gasteiger partial charge in [-0.1, -0.05) is 19.1 Å². The summed E-state index contributed by atoms with van der Waals surface area (Å²) in [6, 6.07) is 6.58. The molecular formula is C13H19NO4. The molecule has 0 aromatic heterocycles. The molecule has 1 aromatic rings. The Morgan fingerprint density at radius 1 is 1.39 bits per heavy atom. The standard InChI is InChI=1S/C13H19NO4/c1-3-14-12(13(16)17-2)9-18-11-6-4-10(8-15)5-7-11/h4-7,12,14-15H,3,8-9H2,1-2H3. The van der Waals surface area contributed by atoms with Crippen molar-refractivity contribution in [2.75, 3.05) is 20.3 Å². The Morgan fingerprint density at radius 3 is 2.56 bits per heavy atom. The maximum atomic E-state index is 11.4. The van der Waals surface area contributed by atoms with Gasteiger partial charge in [0.2, 0.25) is 0 Å². The highest BCUT2D eigenvalue weighted by Gasteiger charge is 2.18. The van der Waals surface area contributed by atoms with E-state index < -0.39 is 6.04 Å². The van der Waals surface area contributed by atoms with Crippen LogP contribution in [0.2, 0.25) is 0 Å². The van der Waals surface area contributed by atoms with E-state index in [-0.39, 0.29) is 19.2 Å². The van der Waals surface area contributed by atoms with E-state index in [0.717, 1.165) is 5.56 Å². The normalized spacial score (nSPS) is 11.9. The smallest absolute Gasteiger partial charge is 0.326 e.